The molecule has 0 spiro atoms. The highest BCUT2D eigenvalue weighted by Crippen LogP contribution is 2.29. The van der Waals surface area contributed by atoms with Gasteiger partial charge in [-0.1, -0.05) is 22.0 Å². The molecule has 88 valence electrons. The van der Waals surface area contributed by atoms with Crippen molar-refractivity contribution in [1.29, 1.82) is 0 Å². The lowest BCUT2D eigenvalue weighted by atomic mass is 10.3. The maximum Gasteiger partial charge on any atom is 0.238 e. The van der Waals surface area contributed by atoms with Crippen molar-refractivity contribution < 1.29 is 4.74 Å². The summed E-state index contributed by atoms with van der Waals surface area (Å²) in [6.07, 6.45) is 1.64. The van der Waals surface area contributed by atoms with Gasteiger partial charge in [0.25, 0.3) is 0 Å². The molecule has 0 saturated heterocycles. The minimum Gasteiger partial charge on any atom is -0.438 e. The summed E-state index contributed by atoms with van der Waals surface area (Å²) in [6.45, 7) is 0. The maximum atomic E-state index is 5.66. The Kier molecular flexibility index (Phi) is 3.96. The van der Waals surface area contributed by atoms with E-state index in [1.165, 1.54) is 0 Å². The van der Waals surface area contributed by atoms with Crippen LogP contribution in [0.25, 0.3) is 0 Å². The first-order chi connectivity index (χ1) is 8.19. The van der Waals surface area contributed by atoms with Gasteiger partial charge in [0.2, 0.25) is 11.8 Å². The van der Waals surface area contributed by atoms with Crippen molar-refractivity contribution in [2.45, 2.75) is 0 Å². The van der Waals surface area contributed by atoms with E-state index in [9.17, 15) is 0 Å². The van der Waals surface area contributed by atoms with Crippen LogP contribution in [-0.4, -0.2) is 17.0 Å². The summed E-state index contributed by atoms with van der Waals surface area (Å²) in [5.74, 6) is 1.70. The number of aromatic nitrogens is 2. The van der Waals surface area contributed by atoms with Crippen LogP contribution >= 0.6 is 31.9 Å². The van der Waals surface area contributed by atoms with Gasteiger partial charge < -0.3 is 10.1 Å². The average Bonchev–Trinajstić information content (AvgIpc) is 2.32. The molecule has 0 aliphatic carbocycles. The summed E-state index contributed by atoms with van der Waals surface area (Å²) < 4.78 is 7.32. The number of nitrogens with zero attached hydrogens (tertiary/aromatic N) is 2. The topological polar surface area (TPSA) is 47.0 Å². The molecule has 1 aromatic carbocycles. The predicted molar refractivity (Wildman–Crippen MR) is 73.5 cm³/mol. The zero-order valence-corrected chi connectivity index (χ0v) is 12.1. The molecular formula is C11H9Br2N3O. The van der Waals surface area contributed by atoms with Crippen molar-refractivity contribution in [1.82, 2.24) is 9.97 Å². The molecule has 0 bridgehead atoms. The fraction of sp³-hybridized carbons (Fsp3) is 0.0909. The molecule has 0 saturated carbocycles. The molecule has 1 N–H and O–H groups in total. The first-order valence-corrected chi connectivity index (χ1v) is 6.41. The van der Waals surface area contributed by atoms with E-state index in [1.807, 2.05) is 24.3 Å². The second-order valence-corrected chi connectivity index (χ2v) is 4.93. The van der Waals surface area contributed by atoms with Gasteiger partial charge in [0.05, 0.1) is 10.7 Å². The van der Waals surface area contributed by atoms with E-state index in [0.29, 0.717) is 22.1 Å². The van der Waals surface area contributed by atoms with Crippen LogP contribution in [0.15, 0.2) is 39.4 Å². The van der Waals surface area contributed by atoms with Crippen molar-refractivity contribution in [3.63, 3.8) is 0 Å². The minimum atomic E-state index is 0.474. The number of rotatable bonds is 3. The largest absolute Gasteiger partial charge is 0.438 e. The highest BCUT2D eigenvalue weighted by atomic mass is 79.9. The molecule has 2 aromatic rings. The lowest BCUT2D eigenvalue weighted by molar-refractivity contribution is 0.458. The standard InChI is InChI=1S/C11H9Br2N3O/c1-14-11-15-6-9(13)10(16-11)17-8-4-2-3-7(12)5-8/h2-6H,1H3,(H,14,15,16). The molecule has 0 fully saturated rings. The molecule has 4 nitrogen and oxygen atoms in total. The summed E-state index contributed by atoms with van der Waals surface area (Å²) >= 11 is 6.73. The highest BCUT2D eigenvalue weighted by molar-refractivity contribution is 9.10. The second-order valence-electron chi connectivity index (χ2n) is 3.16. The predicted octanol–water partition coefficient (Wildman–Crippen LogP) is 3.84. The summed E-state index contributed by atoms with van der Waals surface area (Å²) in [5.41, 5.74) is 0. The number of halogens is 2. The van der Waals surface area contributed by atoms with Crippen molar-refractivity contribution >= 4 is 37.8 Å². The van der Waals surface area contributed by atoms with Crippen LogP contribution in [0.1, 0.15) is 0 Å². The number of ether oxygens (including phenoxy) is 1. The molecular weight excluding hydrogens is 350 g/mol. The number of benzene rings is 1. The van der Waals surface area contributed by atoms with E-state index in [0.717, 1.165) is 4.47 Å². The molecule has 17 heavy (non-hydrogen) atoms. The summed E-state index contributed by atoms with van der Waals surface area (Å²) in [6, 6.07) is 7.56. The van der Waals surface area contributed by atoms with Crippen molar-refractivity contribution in [3.05, 3.63) is 39.4 Å². The van der Waals surface area contributed by atoms with Crippen molar-refractivity contribution in [2.75, 3.05) is 12.4 Å². The van der Waals surface area contributed by atoms with E-state index in [2.05, 4.69) is 47.1 Å². The lowest BCUT2D eigenvalue weighted by Crippen LogP contribution is -1.98. The number of anilines is 1. The Labute approximate surface area is 116 Å². The van der Waals surface area contributed by atoms with Gasteiger partial charge in [-0.05, 0) is 34.1 Å². The van der Waals surface area contributed by atoms with Crippen LogP contribution in [0.5, 0.6) is 11.6 Å². The molecule has 0 atom stereocenters. The smallest absolute Gasteiger partial charge is 0.238 e. The SMILES string of the molecule is CNc1ncc(Br)c(Oc2cccc(Br)c2)n1. The summed E-state index contributed by atoms with van der Waals surface area (Å²) in [4.78, 5) is 8.27. The third-order valence-corrected chi connectivity index (χ3v) is 2.98. The summed E-state index contributed by atoms with van der Waals surface area (Å²) in [5, 5.41) is 2.86. The summed E-state index contributed by atoms with van der Waals surface area (Å²) in [7, 11) is 1.76. The third kappa shape index (κ3) is 3.17. The van der Waals surface area contributed by atoms with Gasteiger partial charge in [-0.3, -0.25) is 0 Å². The highest BCUT2D eigenvalue weighted by Gasteiger charge is 2.07. The number of nitrogens with one attached hydrogen (secondary N) is 1. The van der Waals surface area contributed by atoms with Crippen LogP contribution in [0.3, 0.4) is 0 Å². The number of hydrogen-bond acceptors (Lipinski definition) is 4. The van der Waals surface area contributed by atoms with Crippen LogP contribution in [0, 0.1) is 0 Å². The molecule has 0 radical (unpaired) electrons. The van der Waals surface area contributed by atoms with Gasteiger partial charge in [-0.25, -0.2) is 4.98 Å². The minimum absolute atomic E-state index is 0.474. The maximum absolute atomic E-state index is 5.66. The van der Waals surface area contributed by atoms with Crippen LogP contribution in [0.2, 0.25) is 0 Å². The van der Waals surface area contributed by atoms with Crippen LogP contribution in [0.4, 0.5) is 5.95 Å². The fourth-order valence-electron chi connectivity index (χ4n) is 1.19. The Hall–Kier alpha value is -1.14. The van der Waals surface area contributed by atoms with Crippen molar-refractivity contribution in [2.24, 2.45) is 0 Å². The van der Waals surface area contributed by atoms with E-state index >= 15 is 0 Å². The Morgan fingerprint density at radius 1 is 1.29 bits per heavy atom. The Morgan fingerprint density at radius 2 is 2.12 bits per heavy atom. The van der Waals surface area contributed by atoms with Gasteiger partial charge in [-0.2, -0.15) is 4.98 Å². The van der Waals surface area contributed by atoms with E-state index in [1.54, 1.807) is 13.2 Å². The van der Waals surface area contributed by atoms with Crippen LogP contribution in [-0.2, 0) is 0 Å². The molecule has 0 aliphatic heterocycles. The second kappa shape index (κ2) is 5.46. The molecule has 6 heteroatoms. The lowest BCUT2D eigenvalue weighted by Gasteiger charge is -2.07. The van der Waals surface area contributed by atoms with Crippen LogP contribution < -0.4 is 10.1 Å². The van der Waals surface area contributed by atoms with Gasteiger partial charge in [0.1, 0.15) is 5.75 Å². The zero-order valence-electron chi connectivity index (χ0n) is 8.95. The normalized spacial score (nSPS) is 10.1. The van der Waals surface area contributed by atoms with E-state index in [-0.39, 0.29) is 0 Å². The van der Waals surface area contributed by atoms with Crippen molar-refractivity contribution in [3.8, 4) is 11.6 Å². The van der Waals surface area contributed by atoms with Gasteiger partial charge >= 0.3 is 0 Å². The Balaban J connectivity index is 2.29. The molecule has 1 heterocycles. The van der Waals surface area contributed by atoms with Gasteiger partial charge in [0, 0.05) is 11.5 Å². The molecule has 1 aromatic heterocycles. The molecule has 0 aliphatic rings. The quantitative estimate of drug-likeness (QED) is 0.905. The van der Waals surface area contributed by atoms with E-state index < -0.39 is 0 Å². The molecule has 0 amide bonds. The fourth-order valence-corrected chi connectivity index (χ4v) is 1.84. The van der Waals surface area contributed by atoms with Gasteiger partial charge in [0.15, 0.2) is 0 Å². The molecule has 2 rings (SSSR count). The first kappa shape index (κ1) is 12.3. The van der Waals surface area contributed by atoms with Gasteiger partial charge in [-0.15, -0.1) is 0 Å². The number of hydrogen-bond donors (Lipinski definition) is 1. The Bertz CT molecular complexity index is 534. The Morgan fingerprint density at radius 3 is 2.82 bits per heavy atom. The molecule has 0 unspecified atom stereocenters. The third-order valence-electron chi connectivity index (χ3n) is 1.95. The van der Waals surface area contributed by atoms with E-state index in [4.69, 9.17) is 4.74 Å². The zero-order chi connectivity index (χ0) is 12.3. The average molecular weight is 359 g/mol. The monoisotopic (exact) mass is 357 g/mol. The first-order valence-electron chi connectivity index (χ1n) is 4.83.